The Morgan fingerprint density at radius 2 is 2.06 bits per heavy atom. The number of rotatable bonds is 5. The Morgan fingerprint density at radius 3 is 2.65 bits per heavy atom. The minimum Gasteiger partial charge on any atom is -0.481 e. The highest BCUT2D eigenvalue weighted by Gasteiger charge is 2.10. The van der Waals surface area contributed by atoms with Gasteiger partial charge < -0.3 is 10.4 Å². The molecule has 7 nitrogen and oxygen atoms in total. The first-order chi connectivity index (χ1) is 8.09. The maximum atomic E-state index is 11.3. The summed E-state index contributed by atoms with van der Waals surface area (Å²) < 4.78 is 0. The molecule has 0 aliphatic carbocycles. The summed E-state index contributed by atoms with van der Waals surface area (Å²) in [6, 6.07) is 1.19. The van der Waals surface area contributed by atoms with Crippen molar-refractivity contribution in [3.63, 3.8) is 0 Å². The summed E-state index contributed by atoms with van der Waals surface area (Å²) in [5.41, 5.74) is 0. The predicted octanol–water partition coefficient (Wildman–Crippen LogP) is 0.709. The zero-order valence-electron chi connectivity index (χ0n) is 9.38. The largest absolute Gasteiger partial charge is 0.481 e. The van der Waals surface area contributed by atoms with Crippen LogP contribution >= 0.6 is 0 Å². The van der Waals surface area contributed by atoms with E-state index in [0.29, 0.717) is 6.42 Å². The van der Waals surface area contributed by atoms with Gasteiger partial charge in [0.15, 0.2) is 0 Å². The lowest BCUT2D eigenvalue weighted by Gasteiger charge is -2.08. The predicted molar refractivity (Wildman–Crippen MR) is 60.5 cm³/mol. The average molecular weight is 238 g/mol. The first kappa shape index (κ1) is 12.9. The SMILES string of the molecule is CC(CCNC(=O)Nc1ncccn1)C(=O)O. The minimum absolute atomic E-state index is 0.205. The highest BCUT2D eigenvalue weighted by atomic mass is 16.4. The summed E-state index contributed by atoms with van der Waals surface area (Å²) in [7, 11) is 0. The molecule has 17 heavy (non-hydrogen) atoms. The third kappa shape index (κ3) is 4.92. The fraction of sp³-hybridized carbons (Fsp3) is 0.400. The van der Waals surface area contributed by atoms with E-state index in [1.807, 2.05) is 0 Å². The average Bonchev–Trinajstić information content (AvgIpc) is 2.30. The second-order valence-corrected chi connectivity index (χ2v) is 3.48. The number of carbonyl (C=O) groups is 2. The lowest BCUT2D eigenvalue weighted by Crippen LogP contribution is -2.31. The van der Waals surface area contributed by atoms with Gasteiger partial charge >= 0.3 is 12.0 Å². The maximum Gasteiger partial charge on any atom is 0.321 e. The van der Waals surface area contributed by atoms with Crippen molar-refractivity contribution in [3.8, 4) is 0 Å². The van der Waals surface area contributed by atoms with Crippen LogP contribution in [0.1, 0.15) is 13.3 Å². The van der Waals surface area contributed by atoms with Gasteiger partial charge in [0.2, 0.25) is 5.95 Å². The van der Waals surface area contributed by atoms with Gasteiger partial charge in [-0.15, -0.1) is 0 Å². The molecule has 1 atom stereocenters. The Balaban J connectivity index is 2.25. The van der Waals surface area contributed by atoms with Crippen molar-refractivity contribution < 1.29 is 14.7 Å². The summed E-state index contributed by atoms with van der Waals surface area (Å²) in [6.45, 7) is 1.87. The summed E-state index contributed by atoms with van der Waals surface area (Å²) in [5, 5.41) is 13.6. The van der Waals surface area contributed by atoms with Crippen LogP contribution in [0.2, 0.25) is 0 Å². The van der Waals surface area contributed by atoms with E-state index in [2.05, 4.69) is 20.6 Å². The van der Waals surface area contributed by atoms with Crippen LogP contribution in [0, 0.1) is 5.92 Å². The van der Waals surface area contributed by atoms with Crippen molar-refractivity contribution in [1.82, 2.24) is 15.3 Å². The summed E-state index contributed by atoms with van der Waals surface area (Å²) in [5.74, 6) is -1.15. The van der Waals surface area contributed by atoms with Gasteiger partial charge in [-0.2, -0.15) is 0 Å². The van der Waals surface area contributed by atoms with E-state index in [0.717, 1.165) is 0 Å². The molecule has 2 amide bonds. The minimum atomic E-state index is -0.876. The molecular formula is C10H14N4O3. The quantitative estimate of drug-likeness (QED) is 0.700. The van der Waals surface area contributed by atoms with E-state index in [-0.39, 0.29) is 12.5 Å². The van der Waals surface area contributed by atoms with Gasteiger partial charge in [0.05, 0.1) is 5.92 Å². The van der Waals surface area contributed by atoms with Gasteiger partial charge in [-0.3, -0.25) is 10.1 Å². The molecule has 0 saturated carbocycles. The standard InChI is InChI=1S/C10H14N4O3/c1-7(8(15)16)3-6-13-10(17)14-9-11-4-2-5-12-9/h2,4-5,7H,3,6H2,1H3,(H,15,16)(H2,11,12,13,14,17). The summed E-state index contributed by atoms with van der Waals surface area (Å²) in [4.78, 5) is 29.5. The van der Waals surface area contributed by atoms with Crippen molar-refractivity contribution in [2.45, 2.75) is 13.3 Å². The molecule has 1 rings (SSSR count). The molecule has 0 radical (unpaired) electrons. The van der Waals surface area contributed by atoms with Crippen LogP contribution in [-0.2, 0) is 4.79 Å². The number of aliphatic carboxylic acids is 1. The Hall–Kier alpha value is -2.18. The fourth-order valence-corrected chi connectivity index (χ4v) is 1.04. The number of nitrogens with one attached hydrogen (secondary N) is 2. The highest BCUT2D eigenvalue weighted by molar-refractivity contribution is 5.87. The van der Waals surface area contributed by atoms with Gasteiger partial charge in [0, 0.05) is 18.9 Å². The molecule has 1 unspecified atom stereocenters. The number of carboxylic acids is 1. The lowest BCUT2D eigenvalue weighted by atomic mass is 10.1. The van der Waals surface area contributed by atoms with Crippen molar-refractivity contribution in [3.05, 3.63) is 18.5 Å². The molecule has 0 spiro atoms. The molecule has 0 aliphatic rings. The van der Waals surface area contributed by atoms with Crippen molar-refractivity contribution in [2.24, 2.45) is 5.92 Å². The van der Waals surface area contributed by atoms with E-state index >= 15 is 0 Å². The number of anilines is 1. The molecule has 1 aromatic heterocycles. The number of hydrogen-bond donors (Lipinski definition) is 3. The number of hydrogen-bond acceptors (Lipinski definition) is 4. The maximum absolute atomic E-state index is 11.3. The van der Waals surface area contributed by atoms with Crippen LogP contribution < -0.4 is 10.6 Å². The number of carboxylic acid groups (broad SMARTS) is 1. The van der Waals surface area contributed by atoms with Crippen molar-refractivity contribution >= 4 is 17.9 Å². The van der Waals surface area contributed by atoms with E-state index in [1.54, 1.807) is 13.0 Å². The van der Waals surface area contributed by atoms with Crippen LogP contribution in [0.25, 0.3) is 0 Å². The zero-order chi connectivity index (χ0) is 12.7. The van der Waals surface area contributed by atoms with Crippen LogP contribution in [-0.4, -0.2) is 33.6 Å². The van der Waals surface area contributed by atoms with Crippen LogP contribution in [0.3, 0.4) is 0 Å². The van der Waals surface area contributed by atoms with Gasteiger partial charge in [-0.1, -0.05) is 6.92 Å². The van der Waals surface area contributed by atoms with Crippen LogP contribution in [0.5, 0.6) is 0 Å². The summed E-state index contributed by atoms with van der Waals surface area (Å²) >= 11 is 0. The monoisotopic (exact) mass is 238 g/mol. The molecule has 0 bridgehead atoms. The van der Waals surface area contributed by atoms with E-state index in [1.165, 1.54) is 12.4 Å². The molecule has 0 aliphatic heterocycles. The first-order valence-corrected chi connectivity index (χ1v) is 5.14. The van der Waals surface area contributed by atoms with Gasteiger partial charge in [-0.25, -0.2) is 14.8 Å². The fourth-order valence-electron chi connectivity index (χ4n) is 1.04. The Morgan fingerprint density at radius 1 is 1.41 bits per heavy atom. The molecule has 0 aromatic carbocycles. The van der Waals surface area contributed by atoms with Gasteiger partial charge in [0.25, 0.3) is 0 Å². The smallest absolute Gasteiger partial charge is 0.321 e. The van der Waals surface area contributed by atoms with E-state index in [4.69, 9.17) is 5.11 Å². The molecular weight excluding hydrogens is 224 g/mol. The number of carbonyl (C=O) groups excluding carboxylic acids is 1. The third-order valence-corrected chi connectivity index (χ3v) is 2.08. The second kappa shape index (κ2) is 6.41. The van der Waals surface area contributed by atoms with E-state index < -0.39 is 17.9 Å². The number of nitrogens with zero attached hydrogens (tertiary/aromatic N) is 2. The zero-order valence-corrected chi connectivity index (χ0v) is 9.38. The molecule has 7 heteroatoms. The first-order valence-electron chi connectivity index (χ1n) is 5.14. The lowest BCUT2D eigenvalue weighted by molar-refractivity contribution is -0.141. The molecule has 0 fully saturated rings. The topological polar surface area (TPSA) is 104 Å². The normalized spacial score (nSPS) is 11.6. The number of urea groups is 1. The Labute approximate surface area is 98.3 Å². The molecule has 0 saturated heterocycles. The van der Waals surface area contributed by atoms with Crippen molar-refractivity contribution in [2.75, 3.05) is 11.9 Å². The van der Waals surface area contributed by atoms with E-state index in [9.17, 15) is 9.59 Å². The molecule has 1 heterocycles. The number of aromatic nitrogens is 2. The van der Waals surface area contributed by atoms with Gasteiger partial charge in [0.1, 0.15) is 0 Å². The highest BCUT2D eigenvalue weighted by Crippen LogP contribution is 1.99. The number of amides is 2. The molecule has 3 N–H and O–H groups in total. The summed E-state index contributed by atoms with van der Waals surface area (Å²) in [6.07, 6.45) is 3.39. The molecule has 92 valence electrons. The molecule has 1 aromatic rings. The van der Waals surface area contributed by atoms with Crippen LogP contribution in [0.15, 0.2) is 18.5 Å². The van der Waals surface area contributed by atoms with Crippen LogP contribution in [0.4, 0.5) is 10.7 Å². The van der Waals surface area contributed by atoms with Crippen molar-refractivity contribution in [1.29, 1.82) is 0 Å². The van der Waals surface area contributed by atoms with Gasteiger partial charge in [-0.05, 0) is 12.5 Å². The Kier molecular flexibility index (Phi) is 4.86. The third-order valence-electron chi connectivity index (χ3n) is 2.08. The Bertz CT molecular complexity index is 382. The second-order valence-electron chi connectivity index (χ2n) is 3.48.